The summed E-state index contributed by atoms with van der Waals surface area (Å²) in [4.78, 5) is 25.0. The van der Waals surface area contributed by atoms with E-state index in [1.54, 1.807) is 18.1 Å². The summed E-state index contributed by atoms with van der Waals surface area (Å²) in [5.74, 6) is 0.598. The molecule has 0 spiro atoms. The molecule has 112 valence electrons. The number of anilines is 1. The molecule has 22 heavy (non-hydrogen) atoms. The number of carbonyl (C=O) groups excluding carboxylic acids is 1. The molecule has 0 radical (unpaired) electrons. The van der Waals surface area contributed by atoms with E-state index in [9.17, 15) is 4.79 Å². The highest BCUT2D eigenvalue weighted by molar-refractivity contribution is 9.10. The molecule has 2 aromatic heterocycles. The van der Waals surface area contributed by atoms with Gasteiger partial charge in [-0.2, -0.15) is 5.26 Å². The SMILES string of the molecule is CN(C(=O)c1cc(Br)cs1)C1CN(c2nccnc2C#N)C1. The fourth-order valence-corrected chi connectivity index (χ4v) is 3.69. The quantitative estimate of drug-likeness (QED) is 0.818. The molecule has 1 aliphatic heterocycles. The molecule has 2 aromatic rings. The van der Waals surface area contributed by atoms with Crippen molar-refractivity contribution in [2.75, 3.05) is 25.0 Å². The number of likely N-dealkylation sites (N-methyl/N-ethyl adjacent to an activating group) is 1. The number of hydrogen-bond acceptors (Lipinski definition) is 6. The summed E-state index contributed by atoms with van der Waals surface area (Å²) >= 11 is 4.78. The van der Waals surface area contributed by atoms with Gasteiger partial charge in [0.25, 0.3) is 5.91 Å². The predicted octanol–water partition coefficient (Wildman–Crippen LogP) is 2.13. The van der Waals surface area contributed by atoms with E-state index in [0.717, 1.165) is 4.47 Å². The normalized spacial score (nSPS) is 14.3. The van der Waals surface area contributed by atoms with Crippen LogP contribution in [-0.4, -0.2) is 47.0 Å². The molecular formula is C14H12BrN5OS. The molecule has 0 aromatic carbocycles. The molecule has 0 aliphatic carbocycles. The number of carbonyl (C=O) groups is 1. The van der Waals surface area contributed by atoms with E-state index in [-0.39, 0.29) is 11.9 Å². The molecule has 0 N–H and O–H groups in total. The highest BCUT2D eigenvalue weighted by Crippen LogP contribution is 2.26. The number of thiophene rings is 1. The van der Waals surface area contributed by atoms with Crippen LogP contribution in [0.2, 0.25) is 0 Å². The van der Waals surface area contributed by atoms with Crippen LogP contribution in [0.3, 0.4) is 0 Å². The Hall–Kier alpha value is -1.98. The van der Waals surface area contributed by atoms with Crippen molar-refractivity contribution in [2.45, 2.75) is 6.04 Å². The van der Waals surface area contributed by atoms with E-state index >= 15 is 0 Å². The minimum atomic E-state index is 0.0139. The maximum Gasteiger partial charge on any atom is 0.264 e. The third-order valence-electron chi connectivity index (χ3n) is 3.59. The first-order valence-electron chi connectivity index (χ1n) is 6.57. The zero-order valence-electron chi connectivity index (χ0n) is 11.7. The zero-order valence-corrected chi connectivity index (χ0v) is 14.1. The van der Waals surface area contributed by atoms with Crippen LogP contribution in [0.5, 0.6) is 0 Å². The van der Waals surface area contributed by atoms with Crippen molar-refractivity contribution >= 4 is 39.0 Å². The monoisotopic (exact) mass is 377 g/mol. The Morgan fingerprint density at radius 1 is 1.50 bits per heavy atom. The standard InChI is InChI=1S/C14H12BrN5OS/c1-19(14(21)12-4-9(15)8-22-12)10-6-20(7-10)13-11(5-16)17-2-3-18-13/h2-4,8,10H,6-7H2,1H3. The third-order valence-corrected chi connectivity index (χ3v) is 5.27. The number of halogens is 1. The maximum absolute atomic E-state index is 12.4. The Bertz CT molecular complexity index is 750. The van der Waals surface area contributed by atoms with Crippen molar-refractivity contribution in [3.8, 4) is 6.07 Å². The van der Waals surface area contributed by atoms with Gasteiger partial charge in [-0.15, -0.1) is 11.3 Å². The van der Waals surface area contributed by atoms with E-state index in [0.29, 0.717) is 29.5 Å². The molecule has 1 aliphatic rings. The van der Waals surface area contributed by atoms with E-state index in [2.05, 4.69) is 25.9 Å². The van der Waals surface area contributed by atoms with Gasteiger partial charge in [0, 0.05) is 42.4 Å². The highest BCUT2D eigenvalue weighted by atomic mass is 79.9. The molecule has 0 saturated carbocycles. The van der Waals surface area contributed by atoms with Gasteiger partial charge in [-0.3, -0.25) is 4.79 Å². The van der Waals surface area contributed by atoms with Crippen molar-refractivity contribution in [3.63, 3.8) is 0 Å². The van der Waals surface area contributed by atoms with Crippen molar-refractivity contribution in [3.05, 3.63) is 38.9 Å². The van der Waals surface area contributed by atoms with Crippen LogP contribution in [0.15, 0.2) is 28.3 Å². The lowest BCUT2D eigenvalue weighted by atomic mass is 10.1. The lowest BCUT2D eigenvalue weighted by Crippen LogP contribution is -2.60. The van der Waals surface area contributed by atoms with Crippen LogP contribution in [0, 0.1) is 11.3 Å². The molecular weight excluding hydrogens is 366 g/mol. The second kappa shape index (κ2) is 6.02. The largest absolute Gasteiger partial charge is 0.350 e. The average molecular weight is 378 g/mol. The van der Waals surface area contributed by atoms with Gasteiger partial charge in [-0.1, -0.05) is 0 Å². The van der Waals surface area contributed by atoms with Gasteiger partial charge < -0.3 is 9.80 Å². The Morgan fingerprint density at radius 2 is 2.23 bits per heavy atom. The van der Waals surface area contributed by atoms with Crippen LogP contribution in [-0.2, 0) is 0 Å². The molecule has 0 bridgehead atoms. The predicted molar refractivity (Wildman–Crippen MR) is 86.9 cm³/mol. The second-order valence-electron chi connectivity index (χ2n) is 4.94. The van der Waals surface area contributed by atoms with Gasteiger partial charge in [0.15, 0.2) is 11.5 Å². The van der Waals surface area contributed by atoms with Crippen LogP contribution in [0.1, 0.15) is 15.4 Å². The van der Waals surface area contributed by atoms with Crippen molar-refractivity contribution in [2.24, 2.45) is 0 Å². The van der Waals surface area contributed by atoms with Crippen LogP contribution in [0.4, 0.5) is 5.82 Å². The average Bonchev–Trinajstić information content (AvgIpc) is 2.92. The van der Waals surface area contributed by atoms with Gasteiger partial charge in [0.1, 0.15) is 6.07 Å². The molecule has 1 amide bonds. The van der Waals surface area contributed by atoms with Crippen molar-refractivity contribution < 1.29 is 4.79 Å². The summed E-state index contributed by atoms with van der Waals surface area (Å²) in [5, 5.41) is 11.0. The summed E-state index contributed by atoms with van der Waals surface area (Å²) in [6, 6.07) is 3.98. The molecule has 1 saturated heterocycles. The number of amides is 1. The first-order valence-corrected chi connectivity index (χ1v) is 8.24. The first-order chi connectivity index (χ1) is 10.6. The molecule has 1 fully saturated rings. The smallest absolute Gasteiger partial charge is 0.264 e. The highest BCUT2D eigenvalue weighted by Gasteiger charge is 2.35. The molecule has 6 nitrogen and oxygen atoms in total. The fraction of sp³-hybridized carbons (Fsp3) is 0.286. The summed E-state index contributed by atoms with van der Waals surface area (Å²) < 4.78 is 0.919. The van der Waals surface area contributed by atoms with Crippen molar-refractivity contribution in [1.29, 1.82) is 5.26 Å². The summed E-state index contributed by atoms with van der Waals surface area (Å²) in [5.41, 5.74) is 0.317. The van der Waals surface area contributed by atoms with Gasteiger partial charge in [0.2, 0.25) is 0 Å². The number of aromatic nitrogens is 2. The van der Waals surface area contributed by atoms with Crippen LogP contribution >= 0.6 is 27.3 Å². The molecule has 3 heterocycles. The first kappa shape index (κ1) is 14.9. The third kappa shape index (κ3) is 2.69. The molecule has 8 heteroatoms. The maximum atomic E-state index is 12.4. The second-order valence-corrected chi connectivity index (χ2v) is 6.77. The zero-order chi connectivity index (χ0) is 15.7. The number of nitrogens with zero attached hydrogens (tertiary/aromatic N) is 5. The lowest BCUT2D eigenvalue weighted by molar-refractivity contribution is 0.0710. The molecule has 0 unspecified atom stereocenters. The van der Waals surface area contributed by atoms with E-state index in [1.807, 2.05) is 22.4 Å². The molecule has 0 atom stereocenters. The fourth-order valence-electron chi connectivity index (χ4n) is 2.28. The number of nitriles is 1. The Labute approximate surface area is 140 Å². The number of rotatable bonds is 3. The van der Waals surface area contributed by atoms with Crippen LogP contribution < -0.4 is 4.90 Å². The van der Waals surface area contributed by atoms with Gasteiger partial charge >= 0.3 is 0 Å². The van der Waals surface area contributed by atoms with Gasteiger partial charge in [-0.05, 0) is 22.0 Å². The summed E-state index contributed by atoms with van der Waals surface area (Å²) in [7, 11) is 1.81. The Kier molecular flexibility index (Phi) is 4.09. The van der Waals surface area contributed by atoms with Gasteiger partial charge in [0.05, 0.1) is 10.9 Å². The summed E-state index contributed by atoms with van der Waals surface area (Å²) in [6.45, 7) is 1.31. The van der Waals surface area contributed by atoms with Crippen molar-refractivity contribution in [1.82, 2.24) is 14.9 Å². The van der Waals surface area contributed by atoms with Crippen LogP contribution in [0.25, 0.3) is 0 Å². The number of hydrogen-bond donors (Lipinski definition) is 0. The van der Waals surface area contributed by atoms with E-state index < -0.39 is 0 Å². The van der Waals surface area contributed by atoms with E-state index in [4.69, 9.17) is 5.26 Å². The summed E-state index contributed by atoms with van der Waals surface area (Å²) in [6.07, 6.45) is 3.07. The Morgan fingerprint density at radius 3 is 2.86 bits per heavy atom. The minimum absolute atomic E-state index is 0.0139. The van der Waals surface area contributed by atoms with E-state index in [1.165, 1.54) is 17.5 Å². The molecule has 3 rings (SSSR count). The van der Waals surface area contributed by atoms with Gasteiger partial charge in [-0.25, -0.2) is 9.97 Å². The Balaban J connectivity index is 1.66. The lowest BCUT2D eigenvalue weighted by Gasteiger charge is -2.44. The minimum Gasteiger partial charge on any atom is -0.350 e. The topological polar surface area (TPSA) is 73.1 Å².